The van der Waals surface area contributed by atoms with Crippen molar-refractivity contribution in [1.82, 2.24) is 5.32 Å². The van der Waals surface area contributed by atoms with Crippen molar-refractivity contribution in [3.8, 4) is 33.4 Å². The number of hydrogen-bond acceptors (Lipinski definition) is 2. The minimum Gasteiger partial charge on any atom is -0.381 e. The quantitative estimate of drug-likeness (QED) is 0.196. The molecule has 10 rings (SSSR count). The van der Waals surface area contributed by atoms with E-state index in [0.29, 0.717) is 0 Å². The molecule has 47 heavy (non-hydrogen) atoms. The standard InChI is InChI=1S/C45H31NS/c1-2-11-28(12-3-1)40(46-27-31-15-9-22-42-44(31)36-17-6-7-21-41(36)47-42)24-23-29-14-8-18-33-34-19-10-20-35-37-25-30-13-4-5-16-32(30)38(37)26-39(43(29)33)45(34)35/h1-22,24,26,46H,23,25,27H2/b40-24-. The Morgan fingerprint density at radius 3 is 2.26 bits per heavy atom. The van der Waals surface area contributed by atoms with Crippen LogP contribution in [0.25, 0.3) is 70.0 Å². The summed E-state index contributed by atoms with van der Waals surface area (Å²) in [6.07, 6.45) is 4.26. The molecule has 1 nitrogen and oxygen atoms in total. The first-order chi connectivity index (χ1) is 23.3. The molecule has 0 bridgehead atoms. The van der Waals surface area contributed by atoms with Gasteiger partial charge in [0.15, 0.2) is 0 Å². The van der Waals surface area contributed by atoms with Crippen LogP contribution in [0, 0.1) is 0 Å². The van der Waals surface area contributed by atoms with Crippen LogP contribution in [0.15, 0.2) is 146 Å². The minimum absolute atomic E-state index is 0.766. The number of hydrogen-bond donors (Lipinski definition) is 1. The number of thiophene rings is 1. The highest BCUT2D eigenvalue weighted by molar-refractivity contribution is 7.25. The third-order valence-corrected chi connectivity index (χ3v) is 11.4. The number of allylic oxidation sites excluding steroid dienone is 1. The molecule has 222 valence electrons. The highest BCUT2D eigenvalue weighted by atomic mass is 32.1. The van der Waals surface area contributed by atoms with Gasteiger partial charge in [0.2, 0.25) is 0 Å². The van der Waals surface area contributed by atoms with Crippen molar-refractivity contribution in [2.24, 2.45) is 0 Å². The topological polar surface area (TPSA) is 12.0 Å². The van der Waals surface area contributed by atoms with Gasteiger partial charge >= 0.3 is 0 Å². The average molecular weight is 618 g/mol. The Hall–Kier alpha value is -5.44. The van der Waals surface area contributed by atoms with Crippen LogP contribution in [0.2, 0.25) is 0 Å². The summed E-state index contributed by atoms with van der Waals surface area (Å²) in [5.74, 6) is 0. The van der Waals surface area contributed by atoms with Gasteiger partial charge in [-0.2, -0.15) is 0 Å². The van der Waals surface area contributed by atoms with Crippen molar-refractivity contribution in [1.29, 1.82) is 0 Å². The molecule has 0 radical (unpaired) electrons. The Bertz CT molecular complexity index is 2570. The SMILES string of the molecule is C(/Cc1cccc2c1-c1cc3c(c4cccc-2c14)Cc1ccccc1-3)=C(/NCc1cccc2sc3ccccc3c12)c1ccccc1. The molecular weight excluding hydrogens is 587 g/mol. The molecule has 7 aromatic carbocycles. The summed E-state index contributed by atoms with van der Waals surface area (Å²) in [5.41, 5.74) is 16.3. The van der Waals surface area contributed by atoms with Crippen LogP contribution in [0.1, 0.15) is 27.8 Å². The van der Waals surface area contributed by atoms with E-state index in [2.05, 4.69) is 151 Å². The Morgan fingerprint density at radius 1 is 0.574 bits per heavy atom. The molecule has 0 aliphatic heterocycles. The van der Waals surface area contributed by atoms with Gasteiger partial charge in [-0.1, -0.05) is 127 Å². The third-order valence-electron chi connectivity index (χ3n) is 10.2. The number of nitrogens with one attached hydrogen (secondary N) is 1. The van der Waals surface area contributed by atoms with Crippen LogP contribution in [-0.2, 0) is 19.4 Å². The molecule has 1 heterocycles. The Morgan fingerprint density at radius 2 is 1.30 bits per heavy atom. The second kappa shape index (κ2) is 10.6. The van der Waals surface area contributed by atoms with E-state index in [4.69, 9.17) is 0 Å². The highest BCUT2D eigenvalue weighted by Gasteiger charge is 2.29. The van der Waals surface area contributed by atoms with Gasteiger partial charge in [-0.05, 0) is 103 Å². The first-order valence-corrected chi connectivity index (χ1v) is 17.3. The number of fused-ring (bicyclic) bond motifs is 10. The summed E-state index contributed by atoms with van der Waals surface area (Å²) in [6.45, 7) is 0.766. The monoisotopic (exact) mass is 617 g/mol. The van der Waals surface area contributed by atoms with Crippen LogP contribution >= 0.6 is 11.3 Å². The second-order valence-electron chi connectivity index (χ2n) is 12.8. The van der Waals surface area contributed by atoms with Gasteiger partial charge in [0.1, 0.15) is 0 Å². The van der Waals surface area contributed by atoms with Gasteiger partial charge in [0.05, 0.1) is 0 Å². The highest BCUT2D eigenvalue weighted by Crippen LogP contribution is 2.53. The summed E-state index contributed by atoms with van der Waals surface area (Å²) in [4.78, 5) is 0. The van der Waals surface area contributed by atoms with Crippen LogP contribution < -0.4 is 5.32 Å². The average Bonchev–Trinajstić information content (AvgIpc) is 3.80. The van der Waals surface area contributed by atoms with Crippen molar-refractivity contribution < 1.29 is 0 Å². The van der Waals surface area contributed by atoms with E-state index in [9.17, 15) is 0 Å². The van der Waals surface area contributed by atoms with Gasteiger partial charge in [-0.25, -0.2) is 0 Å². The zero-order valence-electron chi connectivity index (χ0n) is 25.9. The van der Waals surface area contributed by atoms with E-state index < -0.39 is 0 Å². The van der Waals surface area contributed by atoms with Gasteiger partial charge < -0.3 is 5.32 Å². The van der Waals surface area contributed by atoms with E-state index in [1.807, 2.05) is 11.3 Å². The summed E-state index contributed by atoms with van der Waals surface area (Å²) in [5, 5.41) is 9.43. The molecule has 8 aromatic rings. The van der Waals surface area contributed by atoms with E-state index in [1.54, 1.807) is 0 Å². The second-order valence-corrected chi connectivity index (χ2v) is 13.9. The van der Waals surface area contributed by atoms with Gasteiger partial charge in [0, 0.05) is 32.4 Å². The zero-order chi connectivity index (χ0) is 30.9. The molecule has 0 unspecified atom stereocenters. The maximum atomic E-state index is 3.88. The Balaban J connectivity index is 1.06. The lowest BCUT2D eigenvalue weighted by Gasteiger charge is -2.15. The smallest absolute Gasteiger partial charge is 0.0407 e. The Labute approximate surface area is 278 Å². The number of benzene rings is 7. The molecular formula is C45H31NS. The van der Waals surface area contributed by atoms with Gasteiger partial charge in [-0.3, -0.25) is 0 Å². The Kier molecular flexibility index (Phi) is 6.00. The zero-order valence-corrected chi connectivity index (χ0v) is 26.7. The molecule has 0 saturated heterocycles. The lowest BCUT2D eigenvalue weighted by atomic mass is 9.92. The molecule has 2 heteroatoms. The van der Waals surface area contributed by atoms with E-state index in [1.165, 1.54) is 97.8 Å². The molecule has 0 spiro atoms. The van der Waals surface area contributed by atoms with Gasteiger partial charge in [0.25, 0.3) is 0 Å². The van der Waals surface area contributed by atoms with Crippen molar-refractivity contribution in [2.45, 2.75) is 19.4 Å². The first-order valence-electron chi connectivity index (χ1n) is 16.5. The molecule has 1 aromatic heterocycles. The lowest BCUT2D eigenvalue weighted by Crippen LogP contribution is -2.12. The minimum atomic E-state index is 0.766. The summed E-state index contributed by atoms with van der Waals surface area (Å²) >= 11 is 1.88. The van der Waals surface area contributed by atoms with Crippen LogP contribution in [0.5, 0.6) is 0 Å². The van der Waals surface area contributed by atoms with Crippen LogP contribution in [0.4, 0.5) is 0 Å². The lowest BCUT2D eigenvalue weighted by molar-refractivity contribution is 0.894. The van der Waals surface area contributed by atoms with Crippen molar-refractivity contribution in [2.75, 3.05) is 0 Å². The molecule has 1 N–H and O–H groups in total. The fourth-order valence-electron chi connectivity index (χ4n) is 8.14. The third kappa shape index (κ3) is 4.15. The van der Waals surface area contributed by atoms with Crippen molar-refractivity contribution in [3.05, 3.63) is 173 Å². The summed E-state index contributed by atoms with van der Waals surface area (Å²) in [6, 6.07) is 51.5. The van der Waals surface area contributed by atoms with Crippen molar-refractivity contribution >= 4 is 48.0 Å². The molecule has 0 saturated carbocycles. The first kappa shape index (κ1) is 26.7. The van der Waals surface area contributed by atoms with E-state index in [0.717, 1.165) is 19.4 Å². The molecule has 2 aliphatic rings. The fourth-order valence-corrected chi connectivity index (χ4v) is 9.30. The number of rotatable bonds is 6. The summed E-state index contributed by atoms with van der Waals surface area (Å²) in [7, 11) is 0. The maximum Gasteiger partial charge on any atom is 0.0407 e. The predicted octanol–water partition coefficient (Wildman–Crippen LogP) is 11.8. The largest absolute Gasteiger partial charge is 0.381 e. The molecule has 0 amide bonds. The molecule has 0 fully saturated rings. The van der Waals surface area contributed by atoms with E-state index >= 15 is 0 Å². The van der Waals surface area contributed by atoms with Crippen molar-refractivity contribution in [3.63, 3.8) is 0 Å². The van der Waals surface area contributed by atoms with E-state index in [-0.39, 0.29) is 0 Å². The fraction of sp³-hybridized carbons (Fsp3) is 0.0667. The normalized spacial score (nSPS) is 12.9. The van der Waals surface area contributed by atoms with Gasteiger partial charge in [-0.15, -0.1) is 11.3 Å². The summed E-state index contributed by atoms with van der Waals surface area (Å²) < 4.78 is 2.69. The van der Waals surface area contributed by atoms with Crippen LogP contribution in [-0.4, -0.2) is 0 Å². The maximum absolute atomic E-state index is 3.88. The predicted molar refractivity (Wildman–Crippen MR) is 201 cm³/mol. The molecule has 0 atom stereocenters. The van der Waals surface area contributed by atoms with Crippen LogP contribution in [0.3, 0.4) is 0 Å². The molecule has 2 aliphatic carbocycles.